The average molecular weight is 562 g/mol. The number of aliphatic carboxylic acids is 1. The molecule has 2 aliphatic rings. The van der Waals surface area contributed by atoms with Crippen molar-refractivity contribution in [1.29, 1.82) is 0 Å². The summed E-state index contributed by atoms with van der Waals surface area (Å²) in [5.74, 6) is -1.87. The lowest BCUT2D eigenvalue weighted by Crippen LogP contribution is -2.34. The molecule has 2 N–H and O–H groups in total. The second-order valence-corrected chi connectivity index (χ2v) is 10.8. The van der Waals surface area contributed by atoms with Crippen LogP contribution in [0.3, 0.4) is 0 Å². The highest BCUT2D eigenvalue weighted by atomic mass is 19.4. The lowest BCUT2D eigenvalue weighted by molar-refractivity contribution is -0.192. The third-order valence-electron chi connectivity index (χ3n) is 7.54. The fraction of sp³-hybridized carbons (Fsp3) is 0.548. The first-order valence-corrected chi connectivity index (χ1v) is 14.4. The van der Waals surface area contributed by atoms with E-state index in [-0.39, 0.29) is 5.91 Å². The molecule has 2 aromatic carbocycles. The van der Waals surface area contributed by atoms with Crippen LogP contribution in [0.1, 0.15) is 73.4 Å². The number of halogens is 3. The molecule has 1 heterocycles. The number of rotatable bonds is 8. The van der Waals surface area contributed by atoms with Crippen LogP contribution in [-0.4, -0.2) is 65.7 Å². The summed E-state index contributed by atoms with van der Waals surface area (Å²) >= 11 is 0. The van der Waals surface area contributed by atoms with E-state index in [1.54, 1.807) is 0 Å². The number of carbonyl (C=O) groups excluding carboxylic acids is 1. The van der Waals surface area contributed by atoms with E-state index in [1.165, 1.54) is 69.3 Å². The van der Waals surface area contributed by atoms with Crippen molar-refractivity contribution in [2.75, 3.05) is 38.0 Å². The van der Waals surface area contributed by atoms with Gasteiger partial charge in [-0.15, -0.1) is 0 Å². The molecule has 0 unspecified atom stereocenters. The predicted molar refractivity (Wildman–Crippen MR) is 151 cm³/mol. The van der Waals surface area contributed by atoms with E-state index in [2.05, 4.69) is 46.3 Å². The molecule has 4 rings (SSSR count). The van der Waals surface area contributed by atoms with E-state index in [0.29, 0.717) is 5.56 Å². The van der Waals surface area contributed by atoms with Gasteiger partial charge in [0.1, 0.15) is 0 Å². The Morgan fingerprint density at radius 1 is 0.850 bits per heavy atom. The Morgan fingerprint density at radius 2 is 1.43 bits per heavy atom. The van der Waals surface area contributed by atoms with Gasteiger partial charge in [-0.1, -0.05) is 56.9 Å². The topological polar surface area (TPSA) is 72.9 Å². The van der Waals surface area contributed by atoms with E-state index in [0.717, 1.165) is 44.1 Å². The highest BCUT2D eigenvalue weighted by Crippen LogP contribution is 2.25. The third-order valence-corrected chi connectivity index (χ3v) is 7.54. The van der Waals surface area contributed by atoms with Gasteiger partial charge in [-0.3, -0.25) is 9.69 Å². The molecule has 0 aromatic heterocycles. The van der Waals surface area contributed by atoms with Gasteiger partial charge in [0.15, 0.2) is 0 Å². The van der Waals surface area contributed by atoms with Gasteiger partial charge >= 0.3 is 12.1 Å². The van der Waals surface area contributed by atoms with Crippen molar-refractivity contribution in [3.8, 4) is 0 Å². The largest absolute Gasteiger partial charge is 0.490 e. The second kappa shape index (κ2) is 15.8. The van der Waals surface area contributed by atoms with Crippen LogP contribution >= 0.6 is 0 Å². The Morgan fingerprint density at radius 3 is 2.02 bits per heavy atom. The summed E-state index contributed by atoms with van der Waals surface area (Å²) in [6.45, 7) is 9.19. The monoisotopic (exact) mass is 561 g/mol. The molecule has 1 aliphatic heterocycles. The van der Waals surface area contributed by atoms with Crippen molar-refractivity contribution < 1.29 is 27.9 Å². The molecule has 40 heavy (non-hydrogen) atoms. The van der Waals surface area contributed by atoms with Crippen molar-refractivity contribution in [3.05, 3.63) is 65.2 Å². The highest BCUT2D eigenvalue weighted by Gasteiger charge is 2.38. The van der Waals surface area contributed by atoms with Gasteiger partial charge in [0.2, 0.25) is 0 Å². The molecular weight excluding hydrogens is 519 g/mol. The van der Waals surface area contributed by atoms with Gasteiger partial charge in [0.25, 0.3) is 5.91 Å². The minimum Gasteiger partial charge on any atom is -0.475 e. The number of carboxylic acids is 1. The first kappa shape index (κ1) is 31.6. The molecule has 0 radical (unpaired) electrons. The number of benzene rings is 2. The normalized spacial score (nSPS) is 17.4. The minimum absolute atomic E-state index is 0.0436. The van der Waals surface area contributed by atoms with Gasteiger partial charge in [-0.25, -0.2) is 4.79 Å². The molecule has 0 bridgehead atoms. The maximum atomic E-state index is 12.6. The van der Waals surface area contributed by atoms with Gasteiger partial charge in [0, 0.05) is 37.4 Å². The van der Waals surface area contributed by atoms with Gasteiger partial charge in [-0.2, -0.15) is 13.2 Å². The fourth-order valence-corrected chi connectivity index (χ4v) is 5.37. The van der Waals surface area contributed by atoms with Crippen molar-refractivity contribution >= 4 is 17.6 Å². The predicted octanol–water partition coefficient (Wildman–Crippen LogP) is 6.61. The summed E-state index contributed by atoms with van der Waals surface area (Å²) in [7, 11) is 0. The Labute approximate surface area is 235 Å². The molecule has 1 saturated carbocycles. The van der Waals surface area contributed by atoms with Crippen LogP contribution in [0.4, 0.5) is 18.9 Å². The van der Waals surface area contributed by atoms with E-state index in [1.807, 2.05) is 24.3 Å². The minimum atomic E-state index is -5.08. The number of nitrogens with zero attached hydrogens (tertiary/aromatic N) is 2. The first-order valence-electron chi connectivity index (χ1n) is 14.4. The van der Waals surface area contributed by atoms with Crippen LogP contribution < -0.4 is 5.32 Å². The fourth-order valence-electron chi connectivity index (χ4n) is 5.37. The van der Waals surface area contributed by atoms with Gasteiger partial charge in [0.05, 0.1) is 0 Å². The SMILES string of the molecule is CCCc1ccc(NC(=O)c2ccc(CN3CCCN(CC4CCCCC4)CC3)cc2)cc1.O=C(O)C(F)(F)F. The molecule has 9 heteroatoms. The van der Waals surface area contributed by atoms with Gasteiger partial charge in [-0.05, 0) is 80.1 Å². The van der Waals surface area contributed by atoms with Crippen LogP contribution in [0.5, 0.6) is 0 Å². The molecule has 2 aromatic rings. The molecule has 1 saturated heterocycles. The molecule has 2 fully saturated rings. The summed E-state index contributed by atoms with van der Waals surface area (Å²) < 4.78 is 31.7. The number of carbonyl (C=O) groups is 2. The smallest absolute Gasteiger partial charge is 0.475 e. The van der Waals surface area contributed by atoms with Crippen LogP contribution in [0.2, 0.25) is 0 Å². The molecule has 1 aliphatic carbocycles. The quantitative estimate of drug-likeness (QED) is 0.379. The van der Waals surface area contributed by atoms with E-state index >= 15 is 0 Å². The number of anilines is 1. The zero-order valence-electron chi connectivity index (χ0n) is 23.4. The van der Waals surface area contributed by atoms with Crippen molar-refractivity contribution in [2.45, 2.75) is 71.0 Å². The van der Waals surface area contributed by atoms with Crippen molar-refractivity contribution in [3.63, 3.8) is 0 Å². The average Bonchev–Trinajstić information content (AvgIpc) is 3.15. The van der Waals surface area contributed by atoms with Gasteiger partial charge < -0.3 is 15.3 Å². The van der Waals surface area contributed by atoms with E-state index < -0.39 is 12.1 Å². The van der Waals surface area contributed by atoms with E-state index in [9.17, 15) is 18.0 Å². The van der Waals surface area contributed by atoms with Crippen LogP contribution in [0, 0.1) is 5.92 Å². The number of nitrogens with one attached hydrogen (secondary N) is 1. The standard InChI is InChI=1S/C29H41N3O.C2HF3O2/c1-2-7-24-12-16-28(17-13-24)30-29(33)27-14-10-26(11-15-27)23-32-19-6-18-31(20-21-32)22-25-8-4-3-5-9-25;3-2(4,5)1(6)7/h10-17,25H,2-9,18-23H2,1H3,(H,30,33);(H,6,7). The summed E-state index contributed by atoms with van der Waals surface area (Å²) in [4.78, 5) is 26.8. The maximum Gasteiger partial charge on any atom is 0.490 e. The summed E-state index contributed by atoms with van der Waals surface area (Å²) in [6.07, 6.45) is 5.56. The van der Waals surface area contributed by atoms with Crippen LogP contribution in [0.15, 0.2) is 48.5 Å². The lowest BCUT2D eigenvalue weighted by Gasteiger charge is -2.29. The number of hydrogen-bond donors (Lipinski definition) is 2. The molecule has 220 valence electrons. The maximum absolute atomic E-state index is 12.6. The van der Waals surface area contributed by atoms with E-state index in [4.69, 9.17) is 9.90 Å². The second-order valence-electron chi connectivity index (χ2n) is 10.8. The summed E-state index contributed by atoms with van der Waals surface area (Å²) in [5, 5.41) is 10.1. The number of hydrogen-bond acceptors (Lipinski definition) is 4. The Hall–Kier alpha value is -2.91. The lowest BCUT2D eigenvalue weighted by atomic mass is 9.89. The first-order chi connectivity index (χ1) is 19.1. The Balaban J connectivity index is 0.000000559. The van der Waals surface area contributed by atoms with Crippen LogP contribution in [0.25, 0.3) is 0 Å². The highest BCUT2D eigenvalue weighted by molar-refractivity contribution is 6.04. The molecular formula is C31H42F3N3O3. The number of amides is 1. The van der Waals surface area contributed by atoms with Crippen molar-refractivity contribution in [2.24, 2.45) is 5.92 Å². The Bertz CT molecular complexity index is 1050. The molecule has 1 amide bonds. The number of alkyl halides is 3. The zero-order chi connectivity index (χ0) is 29.0. The van der Waals surface area contributed by atoms with Crippen LogP contribution in [-0.2, 0) is 17.8 Å². The molecule has 0 atom stereocenters. The number of aryl methyl sites for hydroxylation is 1. The third kappa shape index (κ3) is 10.9. The van der Waals surface area contributed by atoms with Crippen molar-refractivity contribution in [1.82, 2.24) is 9.80 Å². The molecule has 0 spiro atoms. The Kier molecular flexibility index (Phi) is 12.5. The summed E-state index contributed by atoms with van der Waals surface area (Å²) in [6, 6.07) is 16.3. The zero-order valence-corrected chi connectivity index (χ0v) is 23.4. The number of carboxylic acid groups (broad SMARTS) is 1. The molecule has 6 nitrogen and oxygen atoms in total. The summed E-state index contributed by atoms with van der Waals surface area (Å²) in [5.41, 5.74) is 4.17.